The fourth-order valence-electron chi connectivity index (χ4n) is 2.17. The van der Waals surface area contributed by atoms with E-state index in [1.807, 2.05) is 26.0 Å². The zero-order chi connectivity index (χ0) is 13.4. The van der Waals surface area contributed by atoms with E-state index in [0.29, 0.717) is 11.5 Å². The van der Waals surface area contributed by atoms with Crippen molar-refractivity contribution in [1.29, 1.82) is 0 Å². The summed E-state index contributed by atoms with van der Waals surface area (Å²) in [6.45, 7) is 3.96. The summed E-state index contributed by atoms with van der Waals surface area (Å²) in [5.41, 5.74) is 2.99. The van der Waals surface area contributed by atoms with Gasteiger partial charge in [-0.25, -0.2) is 19.3 Å². The van der Waals surface area contributed by atoms with Gasteiger partial charge in [0.1, 0.15) is 0 Å². The molecular weight excluding hydrogens is 242 g/mol. The van der Waals surface area contributed by atoms with Gasteiger partial charge in [0.05, 0.1) is 0 Å². The summed E-state index contributed by atoms with van der Waals surface area (Å²) in [5.74, 6) is 0.573. The van der Waals surface area contributed by atoms with Crippen molar-refractivity contribution in [3.05, 3.63) is 46.3 Å². The van der Waals surface area contributed by atoms with Crippen LogP contribution >= 0.6 is 0 Å². The predicted octanol–water partition coefficient (Wildman–Crippen LogP) is 1.35. The Bertz CT molecular complexity index is 788. The molecule has 3 aromatic heterocycles. The first-order valence-corrected chi connectivity index (χ1v) is 6.09. The number of hydrogen-bond donors (Lipinski definition) is 1. The summed E-state index contributed by atoms with van der Waals surface area (Å²) in [6, 6.07) is 3.70. The molecule has 3 heterocycles. The van der Waals surface area contributed by atoms with E-state index in [2.05, 4.69) is 20.2 Å². The molecule has 0 bridgehead atoms. The standard InChI is InChI=1S/C13H13N5O/c1-3-10-8(2)11-16-17-13(19)18(11)12(15-10)9-5-4-6-14-7-9/h4-7H,3H2,1-2H3,(H,17,19). The molecule has 0 aromatic carbocycles. The molecule has 19 heavy (non-hydrogen) atoms. The minimum Gasteiger partial charge on any atom is -0.264 e. The van der Waals surface area contributed by atoms with Crippen LogP contribution in [0.3, 0.4) is 0 Å². The highest BCUT2D eigenvalue weighted by Crippen LogP contribution is 2.20. The third kappa shape index (κ3) is 1.72. The van der Waals surface area contributed by atoms with Gasteiger partial charge in [0.15, 0.2) is 11.5 Å². The molecule has 0 atom stereocenters. The Morgan fingerprint density at radius 2 is 2.26 bits per heavy atom. The zero-order valence-corrected chi connectivity index (χ0v) is 10.7. The van der Waals surface area contributed by atoms with Crippen molar-refractivity contribution < 1.29 is 0 Å². The lowest BCUT2D eigenvalue weighted by Crippen LogP contribution is -2.14. The second-order valence-electron chi connectivity index (χ2n) is 4.29. The fourth-order valence-corrected chi connectivity index (χ4v) is 2.17. The Hall–Kier alpha value is -2.50. The highest BCUT2D eigenvalue weighted by Gasteiger charge is 2.15. The molecular formula is C13H13N5O. The molecule has 3 rings (SSSR count). The number of fused-ring (bicyclic) bond motifs is 1. The van der Waals surface area contributed by atoms with Gasteiger partial charge < -0.3 is 0 Å². The highest BCUT2D eigenvalue weighted by atomic mass is 16.1. The largest absolute Gasteiger partial charge is 0.349 e. The van der Waals surface area contributed by atoms with Gasteiger partial charge in [-0.05, 0) is 25.5 Å². The van der Waals surface area contributed by atoms with Crippen molar-refractivity contribution in [2.24, 2.45) is 0 Å². The number of nitrogens with one attached hydrogen (secondary N) is 1. The normalized spacial score (nSPS) is 11.1. The molecule has 0 aliphatic heterocycles. The summed E-state index contributed by atoms with van der Waals surface area (Å²) < 4.78 is 1.49. The Labute approximate surface area is 109 Å². The molecule has 0 aliphatic carbocycles. The average Bonchev–Trinajstić information content (AvgIpc) is 2.83. The maximum atomic E-state index is 11.9. The Morgan fingerprint density at radius 1 is 1.42 bits per heavy atom. The minimum absolute atomic E-state index is 0.285. The number of H-pyrrole nitrogens is 1. The van der Waals surface area contributed by atoms with Gasteiger partial charge in [-0.2, -0.15) is 5.10 Å². The van der Waals surface area contributed by atoms with E-state index in [1.54, 1.807) is 12.4 Å². The molecule has 0 unspecified atom stereocenters. The first-order chi connectivity index (χ1) is 9.22. The van der Waals surface area contributed by atoms with Gasteiger partial charge in [0, 0.05) is 29.2 Å². The molecule has 0 radical (unpaired) electrons. The SMILES string of the molecule is CCc1nc(-c2cccnc2)n2c(=O)[nH]nc2c1C. The summed E-state index contributed by atoms with van der Waals surface area (Å²) in [7, 11) is 0. The second kappa shape index (κ2) is 4.31. The van der Waals surface area contributed by atoms with Gasteiger partial charge in [-0.15, -0.1) is 0 Å². The number of nitrogens with zero attached hydrogens (tertiary/aromatic N) is 4. The van der Waals surface area contributed by atoms with Crippen LogP contribution in [0.5, 0.6) is 0 Å². The highest BCUT2D eigenvalue weighted by molar-refractivity contribution is 5.61. The molecule has 96 valence electrons. The smallest absolute Gasteiger partial charge is 0.264 e. The molecule has 0 fully saturated rings. The molecule has 3 aromatic rings. The van der Waals surface area contributed by atoms with Crippen LogP contribution in [0.15, 0.2) is 29.3 Å². The number of aryl methyl sites for hydroxylation is 2. The van der Waals surface area contributed by atoms with E-state index in [0.717, 1.165) is 23.2 Å². The molecule has 0 saturated carbocycles. The van der Waals surface area contributed by atoms with Gasteiger partial charge >= 0.3 is 5.69 Å². The minimum atomic E-state index is -0.285. The monoisotopic (exact) mass is 255 g/mol. The van der Waals surface area contributed by atoms with Crippen LogP contribution in [0.25, 0.3) is 17.0 Å². The van der Waals surface area contributed by atoms with Crippen LogP contribution in [-0.2, 0) is 6.42 Å². The maximum Gasteiger partial charge on any atom is 0.349 e. The zero-order valence-electron chi connectivity index (χ0n) is 10.7. The van der Waals surface area contributed by atoms with E-state index < -0.39 is 0 Å². The summed E-state index contributed by atoms with van der Waals surface area (Å²) in [6.07, 6.45) is 4.17. The van der Waals surface area contributed by atoms with E-state index >= 15 is 0 Å². The first-order valence-electron chi connectivity index (χ1n) is 6.09. The fraction of sp³-hybridized carbons (Fsp3) is 0.231. The van der Waals surface area contributed by atoms with Crippen molar-refractivity contribution in [1.82, 2.24) is 24.6 Å². The molecule has 0 spiro atoms. The van der Waals surface area contributed by atoms with Crippen LogP contribution in [0.2, 0.25) is 0 Å². The van der Waals surface area contributed by atoms with Gasteiger partial charge in [-0.3, -0.25) is 4.98 Å². The van der Waals surface area contributed by atoms with Crippen molar-refractivity contribution >= 4 is 5.65 Å². The van der Waals surface area contributed by atoms with Gasteiger partial charge in [0.2, 0.25) is 0 Å². The second-order valence-corrected chi connectivity index (χ2v) is 4.29. The van der Waals surface area contributed by atoms with Crippen LogP contribution in [0.1, 0.15) is 18.2 Å². The number of hydrogen-bond acceptors (Lipinski definition) is 4. The lowest BCUT2D eigenvalue weighted by molar-refractivity contribution is 0.943. The number of aromatic nitrogens is 5. The van der Waals surface area contributed by atoms with Crippen LogP contribution in [0.4, 0.5) is 0 Å². The first kappa shape index (κ1) is 11.6. The lowest BCUT2D eigenvalue weighted by atomic mass is 10.2. The van der Waals surface area contributed by atoms with E-state index in [4.69, 9.17) is 0 Å². The third-order valence-electron chi connectivity index (χ3n) is 3.15. The maximum absolute atomic E-state index is 11.9. The van der Waals surface area contributed by atoms with Crippen LogP contribution in [-0.4, -0.2) is 24.6 Å². The Kier molecular flexibility index (Phi) is 2.63. The van der Waals surface area contributed by atoms with Crippen molar-refractivity contribution in [3.8, 4) is 11.4 Å². The molecule has 0 aliphatic rings. The molecule has 0 amide bonds. The molecule has 6 heteroatoms. The summed E-state index contributed by atoms with van der Waals surface area (Å²) in [5, 5.41) is 6.55. The number of aromatic amines is 1. The average molecular weight is 255 g/mol. The number of rotatable bonds is 2. The Morgan fingerprint density at radius 3 is 2.95 bits per heavy atom. The molecule has 0 saturated heterocycles. The van der Waals surface area contributed by atoms with E-state index in [1.165, 1.54) is 4.40 Å². The van der Waals surface area contributed by atoms with Crippen molar-refractivity contribution in [2.45, 2.75) is 20.3 Å². The summed E-state index contributed by atoms with van der Waals surface area (Å²) in [4.78, 5) is 20.6. The molecule has 1 N–H and O–H groups in total. The van der Waals surface area contributed by atoms with E-state index in [-0.39, 0.29) is 5.69 Å². The van der Waals surface area contributed by atoms with Gasteiger partial charge in [0.25, 0.3) is 0 Å². The topological polar surface area (TPSA) is 75.9 Å². The van der Waals surface area contributed by atoms with Crippen molar-refractivity contribution in [2.75, 3.05) is 0 Å². The lowest BCUT2D eigenvalue weighted by Gasteiger charge is -2.08. The Balaban J connectivity index is 2.44. The quantitative estimate of drug-likeness (QED) is 0.750. The van der Waals surface area contributed by atoms with Gasteiger partial charge in [-0.1, -0.05) is 6.92 Å². The van der Waals surface area contributed by atoms with Crippen LogP contribution < -0.4 is 5.69 Å². The predicted molar refractivity (Wildman–Crippen MR) is 71.0 cm³/mol. The third-order valence-corrected chi connectivity index (χ3v) is 3.15. The van der Waals surface area contributed by atoms with E-state index in [9.17, 15) is 4.79 Å². The van der Waals surface area contributed by atoms with Crippen LogP contribution in [0, 0.1) is 6.92 Å². The van der Waals surface area contributed by atoms with Crippen molar-refractivity contribution in [3.63, 3.8) is 0 Å². The number of pyridine rings is 1. The summed E-state index contributed by atoms with van der Waals surface area (Å²) >= 11 is 0. The molecule has 6 nitrogen and oxygen atoms in total.